The van der Waals surface area contributed by atoms with E-state index in [0.29, 0.717) is 41.9 Å². The number of aromatic nitrogens is 5. The van der Waals surface area contributed by atoms with Gasteiger partial charge in [-0.15, -0.1) is 0 Å². The molecule has 3 atom stereocenters. The maximum atomic E-state index is 13.1. The molecule has 7 rings (SSSR count). The summed E-state index contributed by atoms with van der Waals surface area (Å²) in [5.41, 5.74) is 6.07. The largest absolute Gasteiger partial charge is 0.385 e. The van der Waals surface area contributed by atoms with Crippen molar-refractivity contribution in [3.63, 3.8) is 0 Å². The fraction of sp³-hybridized carbons (Fsp3) is 0.425. The van der Waals surface area contributed by atoms with E-state index in [1.165, 1.54) is 15.3 Å². The Hall–Kier alpha value is -5.70. The fourth-order valence-electron chi connectivity index (χ4n) is 7.05. The molecular weight excluding hydrogens is 705 g/mol. The van der Waals surface area contributed by atoms with Gasteiger partial charge in [0.1, 0.15) is 17.9 Å². The van der Waals surface area contributed by atoms with Crippen LogP contribution >= 0.6 is 0 Å². The van der Waals surface area contributed by atoms with Crippen LogP contribution in [-0.4, -0.2) is 80.6 Å². The molecule has 2 aliphatic rings. The minimum absolute atomic E-state index is 0.126. The number of hydrogen-bond acceptors (Lipinski definition) is 9. The number of carbonyl (C=O) groups is 4. The number of halogens is 1. The molecule has 3 amide bonds. The van der Waals surface area contributed by atoms with Crippen molar-refractivity contribution < 1.29 is 23.6 Å². The van der Waals surface area contributed by atoms with Gasteiger partial charge in [-0.3, -0.25) is 33.6 Å². The Kier molecular flexibility index (Phi) is 12.5. The summed E-state index contributed by atoms with van der Waals surface area (Å²) < 4.78 is 16.4. The van der Waals surface area contributed by atoms with E-state index in [1.807, 2.05) is 36.4 Å². The number of alkyl halides is 1. The SMILES string of the molecule is CNC1CC1F.CNc1cc(-c2ccc(C(=O)NCCCCCCCCc3cccc4c3n(C)c(=O)n4C3CCC(=O)NC3=O)cc2)nn2c(C=O)cnc12. The first-order chi connectivity index (χ1) is 26.6. The van der Waals surface area contributed by atoms with E-state index < -0.39 is 18.1 Å². The second kappa shape index (κ2) is 17.6. The third-order valence-corrected chi connectivity index (χ3v) is 10.3. The van der Waals surface area contributed by atoms with Gasteiger partial charge in [0.25, 0.3) is 5.91 Å². The number of benzene rings is 2. The van der Waals surface area contributed by atoms with Crippen LogP contribution < -0.4 is 27.0 Å². The number of aldehydes is 1. The average molecular weight is 754 g/mol. The van der Waals surface area contributed by atoms with Crippen LogP contribution in [0.4, 0.5) is 10.1 Å². The lowest BCUT2D eigenvalue weighted by Gasteiger charge is -2.21. The molecule has 0 spiro atoms. The Morgan fingerprint density at radius 1 is 1.02 bits per heavy atom. The minimum Gasteiger partial charge on any atom is -0.385 e. The zero-order valence-electron chi connectivity index (χ0n) is 31.4. The molecule has 1 saturated carbocycles. The monoisotopic (exact) mass is 753 g/mol. The number of anilines is 1. The number of para-hydroxylation sites is 1. The first-order valence-electron chi connectivity index (χ1n) is 18.9. The Morgan fingerprint density at radius 3 is 2.40 bits per heavy atom. The third-order valence-electron chi connectivity index (χ3n) is 10.3. The first-order valence-corrected chi connectivity index (χ1v) is 18.9. The number of unbranched alkanes of at least 4 members (excludes halogenated alkanes) is 5. The number of rotatable bonds is 15. The molecule has 14 nitrogen and oxygen atoms in total. The molecule has 290 valence electrons. The molecule has 3 aromatic heterocycles. The molecule has 4 N–H and O–H groups in total. The summed E-state index contributed by atoms with van der Waals surface area (Å²) in [6.07, 6.45) is 9.78. The molecule has 5 aromatic rings. The summed E-state index contributed by atoms with van der Waals surface area (Å²) in [5.74, 6) is -0.857. The van der Waals surface area contributed by atoms with Gasteiger partial charge in [0.05, 0.1) is 28.6 Å². The second-order valence-corrected chi connectivity index (χ2v) is 14.0. The van der Waals surface area contributed by atoms with Gasteiger partial charge in [0.15, 0.2) is 11.9 Å². The molecule has 0 radical (unpaired) electrons. The zero-order valence-corrected chi connectivity index (χ0v) is 31.4. The molecule has 2 aromatic carbocycles. The van der Waals surface area contributed by atoms with Gasteiger partial charge in [-0.25, -0.2) is 18.7 Å². The highest BCUT2D eigenvalue weighted by Gasteiger charge is 2.35. The number of imide groups is 1. The van der Waals surface area contributed by atoms with E-state index in [-0.39, 0.29) is 30.0 Å². The van der Waals surface area contributed by atoms with Crippen molar-refractivity contribution in [2.45, 2.75) is 82.5 Å². The number of carbonyl (C=O) groups excluding carboxylic acids is 4. The number of hydrogen-bond donors (Lipinski definition) is 4. The normalized spacial score (nSPS) is 17.8. The van der Waals surface area contributed by atoms with E-state index in [9.17, 15) is 28.4 Å². The van der Waals surface area contributed by atoms with E-state index in [2.05, 4.69) is 31.3 Å². The molecule has 2 fully saturated rings. The van der Waals surface area contributed by atoms with E-state index in [0.717, 1.165) is 79.2 Å². The van der Waals surface area contributed by atoms with Crippen LogP contribution in [0.2, 0.25) is 0 Å². The number of fused-ring (bicyclic) bond motifs is 2. The van der Waals surface area contributed by atoms with Crippen molar-refractivity contribution in [3.05, 3.63) is 82.0 Å². The zero-order chi connectivity index (χ0) is 39.1. The predicted octanol–water partition coefficient (Wildman–Crippen LogP) is 4.51. The van der Waals surface area contributed by atoms with E-state index >= 15 is 0 Å². The Balaban J connectivity index is 0.000000782. The summed E-state index contributed by atoms with van der Waals surface area (Å²) in [5, 5.41) is 15.8. The number of nitrogens with zero attached hydrogens (tertiary/aromatic N) is 5. The van der Waals surface area contributed by atoms with Crippen molar-refractivity contribution in [2.24, 2.45) is 7.05 Å². The smallest absolute Gasteiger partial charge is 0.329 e. The van der Waals surface area contributed by atoms with Crippen LogP contribution in [0.5, 0.6) is 0 Å². The van der Waals surface area contributed by atoms with Gasteiger partial charge in [-0.2, -0.15) is 5.10 Å². The number of aryl methyl sites for hydroxylation is 2. The van der Waals surface area contributed by atoms with Crippen molar-refractivity contribution in [2.75, 3.05) is 26.0 Å². The lowest BCUT2D eigenvalue weighted by atomic mass is 10.0. The van der Waals surface area contributed by atoms with Crippen LogP contribution in [-0.2, 0) is 23.1 Å². The van der Waals surface area contributed by atoms with Crippen molar-refractivity contribution >= 4 is 46.4 Å². The standard InChI is InChI=1S/C36H40N8O5.C4H8FN/c1-37-28-20-27(41-44-26(22-45)21-39-33(28)44)23-13-15-25(16-14-23)34(47)38-19-8-6-4-3-5-7-10-24-11-9-12-29-32(24)42(2)36(49)43(29)30-17-18-31(46)40-35(30)48;1-6-4-2-3(4)5/h9,11-16,20-22,30,37H,3-8,10,17-19H2,1-2H3,(H,38,47)(H,40,46,48);3-4,6H,2H2,1H3. The maximum Gasteiger partial charge on any atom is 0.329 e. The van der Waals surface area contributed by atoms with Gasteiger partial charge >= 0.3 is 5.69 Å². The topological polar surface area (TPSA) is 174 Å². The molecule has 55 heavy (non-hydrogen) atoms. The first kappa shape index (κ1) is 39.0. The predicted molar refractivity (Wildman–Crippen MR) is 208 cm³/mol. The quantitative estimate of drug-likeness (QED) is 0.0682. The summed E-state index contributed by atoms with van der Waals surface area (Å²) >= 11 is 0. The van der Waals surface area contributed by atoms with Gasteiger partial charge in [0, 0.05) is 44.2 Å². The maximum absolute atomic E-state index is 13.1. The highest BCUT2D eigenvalue weighted by atomic mass is 19.1. The lowest BCUT2D eigenvalue weighted by molar-refractivity contribution is -0.135. The molecular formula is C40H48FN9O5. The van der Waals surface area contributed by atoms with E-state index in [4.69, 9.17) is 0 Å². The van der Waals surface area contributed by atoms with Crippen LogP contribution in [0, 0.1) is 0 Å². The lowest BCUT2D eigenvalue weighted by Crippen LogP contribution is -2.44. The molecule has 0 bridgehead atoms. The molecule has 3 unspecified atom stereocenters. The molecule has 1 saturated heterocycles. The summed E-state index contributed by atoms with van der Waals surface area (Å²) in [7, 11) is 5.30. The third kappa shape index (κ3) is 8.83. The highest BCUT2D eigenvalue weighted by molar-refractivity contribution is 6.00. The Labute approximate surface area is 317 Å². The summed E-state index contributed by atoms with van der Waals surface area (Å²) in [6.45, 7) is 0.597. The van der Waals surface area contributed by atoms with Crippen LogP contribution in [0.25, 0.3) is 27.9 Å². The Morgan fingerprint density at radius 2 is 1.75 bits per heavy atom. The molecule has 1 aliphatic heterocycles. The van der Waals surface area contributed by atoms with Gasteiger partial charge < -0.3 is 16.0 Å². The highest BCUT2D eigenvalue weighted by Crippen LogP contribution is 2.27. The summed E-state index contributed by atoms with van der Waals surface area (Å²) in [6, 6.07) is 14.4. The van der Waals surface area contributed by atoms with Crippen molar-refractivity contribution in [1.82, 2.24) is 39.7 Å². The van der Waals surface area contributed by atoms with Crippen molar-refractivity contribution in [3.8, 4) is 11.3 Å². The van der Waals surface area contributed by atoms with Gasteiger partial charge in [-0.1, -0.05) is 49.9 Å². The van der Waals surface area contributed by atoms with Crippen LogP contribution in [0.15, 0.2) is 59.5 Å². The molecule has 4 heterocycles. The number of piperidine rings is 1. The molecule has 1 aliphatic carbocycles. The number of nitrogens with one attached hydrogen (secondary N) is 4. The van der Waals surface area contributed by atoms with Crippen LogP contribution in [0.3, 0.4) is 0 Å². The fourth-order valence-corrected chi connectivity index (χ4v) is 7.05. The summed E-state index contributed by atoms with van der Waals surface area (Å²) in [4.78, 5) is 65.7. The van der Waals surface area contributed by atoms with Gasteiger partial charge in [0.2, 0.25) is 11.8 Å². The number of amides is 3. The average Bonchev–Trinajstić information content (AvgIpc) is 3.67. The van der Waals surface area contributed by atoms with Gasteiger partial charge in [-0.05, 0) is 69.0 Å². The Bertz CT molecular complexity index is 2240. The molecule has 15 heteroatoms. The van der Waals surface area contributed by atoms with E-state index in [1.54, 1.807) is 37.8 Å². The second-order valence-electron chi connectivity index (χ2n) is 14.0. The number of imidazole rings is 2. The van der Waals surface area contributed by atoms with Crippen molar-refractivity contribution in [1.29, 1.82) is 0 Å². The minimum atomic E-state index is -0.687. The van der Waals surface area contributed by atoms with Crippen LogP contribution in [0.1, 0.15) is 90.2 Å².